The maximum absolute atomic E-state index is 5.39. The summed E-state index contributed by atoms with van der Waals surface area (Å²) < 4.78 is 0. The Morgan fingerprint density at radius 1 is 0.760 bits per heavy atom. The number of aromatic nitrogens is 1. The minimum Gasteiger partial charge on any atom is -0.248 e. The molecule has 0 radical (unpaired) electrons. The van der Waals surface area contributed by atoms with Crippen molar-refractivity contribution in [2.24, 2.45) is 0 Å². The van der Waals surface area contributed by atoms with E-state index in [0.717, 1.165) is 27.7 Å². The van der Waals surface area contributed by atoms with Crippen molar-refractivity contribution in [2.45, 2.75) is 6.92 Å². The SMILES string of the molecule is C#Cc1ccc2nc(-c3ccccc3)ccc2c1.Cc1ccccc1. The fourth-order valence-electron chi connectivity index (χ4n) is 2.52. The van der Waals surface area contributed by atoms with Gasteiger partial charge in [0.2, 0.25) is 0 Å². The van der Waals surface area contributed by atoms with Gasteiger partial charge in [-0.1, -0.05) is 78.2 Å². The number of fused-ring (bicyclic) bond motifs is 1. The van der Waals surface area contributed by atoms with Crippen LogP contribution in [0.15, 0.2) is 91.0 Å². The maximum Gasteiger partial charge on any atom is 0.0710 e. The zero-order valence-electron chi connectivity index (χ0n) is 14.2. The van der Waals surface area contributed by atoms with E-state index in [-0.39, 0.29) is 0 Å². The lowest BCUT2D eigenvalue weighted by Gasteiger charge is -2.03. The summed E-state index contributed by atoms with van der Waals surface area (Å²) in [5.41, 5.74) is 5.28. The molecule has 0 aliphatic carbocycles. The van der Waals surface area contributed by atoms with Gasteiger partial charge in [0.15, 0.2) is 0 Å². The van der Waals surface area contributed by atoms with E-state index in [0.29, 0.717) is 0 Å². The topological polar surface area (TPSA) is 12.9 Å². The van der Waals surface area contributed by atoms with Gasteiger partial charge in [-0.25, -0.2) is 4.98 Å². The molecular formula is C24H19N. The van der Waals surface area contributed by atoms with Gasteiger partial charge in [0.25, 0.3) is 0 Å². The number of hydrogen-bond donors (Lipinski definition) is 0. The van der Waals surface area contributed by atoms with Crippen molar-refractivity contribution < 1.29 is 0 Å². The minimum atomic E-state index is 0.886. The van der Waals surface area contributed by atoms with Crippen LogP contribution >= 0.6 is 0 Å². The molecule has 3 aromatic carbocycles. The third-order valence-electron chi connectivity index (χ3n) is 3.87. The average Bonchev–Trinajstić information content (AvgIpc) is 2.69. The van der Waals surface area contributed by atoms with Gasteiger partial charge in [0.1, 0.15) is 0 Å². The first-order valence-corrected chi connectivity index (χ1v) is 8.21. The normalized spacial score (nSPS) is 9.76. The van der Waals surface area contributed by atoms with Crippen LogP contribution in [0.2, 0.25) is 0 Å². The second-order valence-corrected chi connectivity index (χ2v) is 5.77. The molecule has 1 heteroatoms. The molecular weight excluding hydrogens is 302 g/mol. The Labute approximate surface area is 149 Å². The molecule has 0 bridgehead atoms. The van der Waals surface area contributed by atoms with Gasteiger partial charge in [-0.3, -0.25) is 0 Å². The van der Waals surface area contributed by atoms with Crippen LogP contribution in [0.25, 0.3) is 22.2 Å². The van der Waals surface area contributed by atoms with Gasteiger partial charge >= 0.3 is 0 Å². The van der Waals surface area contributed by atoms with Crippen molar-refractivity contribution in [3.05, 3.63) is 102 Å². The lowest BCUT2D eigenvalue weighted by molar-refractivity contribution is 1.40. The molecule has 1 heterocycles. The molecule has 0 saturated heterocycles. The summed E-state index contributed by atoms with van der Waals surface area (Å²) in [7, 11) is 0. The highest BCUT2D eigenvalue weighted by Crippen LogP contribution is 2.21. The van der Waals surface area contributed by atoms with Crippen LogP contribution in [0.3, 0.4) is 0 Å². The van der Waals surface area contributed by atoms with E-state index in [1.54, 1.807) is 0 Å². The summed E-state index contributed by atoms with van der Waals surface area (Å²) in [4.78, 5) is 4.65. The predicted molar refractivity (Wildman–Crippen MR) is 106 cm³/mol. The summed E-state index contributed by atoms with van der Waals surface area (Å²) in [6.45, 7) is 2.08. The van der Waals surface area contributed by atoms with E-state index >= 15 is 0 Å². The van der Waals surface area contributed by atoms with Crippen LogP contribution < -0.4 is 0 Å². The summed E-state index contributed by atoms with van der Waals surface area (Å²) in [6, 6.07) is 30.4. The first-order chi connectivity index (χ1) is 12.3. The Bertz CT molecular complexity index is 996. The molecule has 120 valence electrons. The van der Waals surface area contributed by atoms with E-state index < -0.39 is 0 Å². The quantitative estimate of drug-likeness (QED) is 0.399. The smallest absolute Gasteiger partial charge is 0.0710 e. The van der Waals surface area contributed by atoms with Crippen LogP contribution in [0.5, 0.6) is 0 Å². The Morgan fingerprint density at radius 3 is 2.04 bits per heavy atom. The first kappa shape index (κ1) is 16.5. The molecule has 0 unspecified atom stereocenters. The number of aryl methyl sites for hydroxylation is 1. The van der Waals surface area contributed by atoms with E-state index in [1.807, 2.05) is 60.7 Å². The highest BCUT2D eigenvalue weighted by molar-refractivity contribution is 5.82. The summed E-state index contributed by atoms with van der Waals surface area (Å²) in [5, 5.41) is 1.07. The van der Waals surface area contributed by atoms with Gasteiger partial charge in [-0.2, -0.15) is 0 Å². The van der Waals surface area contributed by atoms with Gasteiger partial charge in [0, 0.05) is 16.5 Å². The fraction of sp³-hybridized carbons (Fsp3) is 0.0417. The standard InChI is InChI=1S/C17H11N.C7H8/c1-2-13-8-10-17-15(12-13)9-11-16(18-17)14-6-4-3-5-7-14;1-7-5-3-2-4-6-7/h1,3-12H;2-6H,1H3. The van der Waals surface area contributed by atoms with Gasteiger partial charge in [-0.05, 0) is 31.2 Å². The number of rotatable bonds is 1. The lowest BCUT2D eigenvalue weighted by atomic mass is 10.1. The molecule has 0 fully saturated rings. The first-order valence-electron chi connectivity index (χ1n) is 8.21. The molecule has 0 N–H and O–H groups in total. The molecule has 1 nitrogen and oxygen atoms in total. The third kappa shape index (κ3) is 4.34. The van der Waals surface area contributed by atoms with Crippen molar-refractivity contribution in [1.29, 1.82) is 0 Å². The zero-order valence-corrected chi connectivity index (χ0v) is 14.2. The predicted octanol–water partition coefficient (Wildman–Crippen LogP) is 5.88. The van der Waals surface area contributed by atoms with E-state index in [2.05, 4.69) is 48.2 Å². The maximum atomic E-state index is 5.39. The third-order valence-corrected chi connectivity index (χ3v) is 3.87. The van der Waals surface area contributed by atoms with E-state index in [9.17, 15) is 0 Å². The van der Waals surface area contributed by atoms with Gasteiger partial charge in [-0.15, -0.1) is 6.42 Å². The van der Waals surface area contributed by atoms with E-state index in [4.69, 9.17) is 6.42 Å². The molecule has 0 aliphatic heterocycles. The molecule has 0 spiro atoms. The van der Waals surface area contributed by atoms with Crippen LogP contribution in [-0.2, 0) is 0 Å². The molecule has 25 heavy (non-hydrogen) atoms. The van der Waals surface area contributed by atoms with Crippen LogP contribution in [0.4, 0.5) is 0 Å². The van der Waals surface area contributed by atoms with Crippen LogP contribution in [0.1, 0.15) is 11.1 Å². The molecule has 0 atom stereocenters. The van der Waals surface area contributed by atoms with Crippen molar-refractivity contribution in [3.63, 3.8) is 0 Å². The van der Waals surface area contributed by atoms with Crippen molar-refractivity contribution in [2.75, 3.05) is 0 Å². The Hall–Kier alpha value is -3.37. The Morgan fingerprint density at radius 2 is 1.44 bits per heavy atom. The Balaban J connectivity index is 0.000000219. The molecule has 0 amide bonds. The van der Waals surface area contributed by atoms with Crippen molar-refractivity contribution in [3.8, 4) is 23.6 Å². The number of pyridine rings is 1. The van der Waals surface area contributed by atoms with Gasteiger partial charge in [0.05, 0.1) is 11.2 Å². The van der Waals surface area contributed by atoms with Crippen molar-refractivity contribution >= 4 is 10.9 Å². The lowest BCUT2D eigenvalue weighted by Crippen LogP contribution is -1.85. The highest BCUT2D eigenvalue weighted by Gasteiger charge is 2.01. The minimum absolute atomic E-state index is 0.886. The summed E-state index contributed by atoms with van der Waals surface area (Å²) in [5.74, 6) is 2.64. The highest BCUT2D eigenvalue weighted by atomic mass is 14.7. The van der Waals surface area contributed by atoms with E-state index in [1.165, 1.54) is 5.56 Å². The Kier molecular flexibility index (Phi) is 5.24. The zero-order chi connectivity index (χ0) is 17.5. The largest absolute Gasteiger partial charge is 0.248 e. The second kappa shape index (κ2) is 7.95. The number of hydrogen-bond acceptors (Lipinski definition) is 1. The molecule has 1 aromatic heterocycles. The monoisotopic (exact) mass is 321 g/mol. The van der Waals surface area contributed by atoms with Crippen molar-refractivity contribution in [1.82, 2.24) is 4.98 Å². The molecule has 0 aliphatic rings. The molecule has 4 rings (SSSR count). The number of nitrogens with zero attached hydrogens (tertiary/aromatic N) is 1. The number of terminal acetylenes is 1. The van der Waals surface area contributed by atoms with Crippen LogP contribution in [0, 0.1) is 19.3 Å². The number of benzene rings is 3. The summed E-state index contributed by atoms with van der Waals surface area (Å²) in [6.07, 6.45) is 5.39. The molecule has 4 aromatic rings. The van der Waals surface area contributed by atoms with Crippen LogP contribution in [-0.4, -0.2) is 4.98 Å². The second-order valence-electron chi connectivity index (χ2n) is 5.77. The summed E-state index contributed by atoms with van der Waals surface area (Å²) >= 11 is 0. The molecule has 0 saturated carbocycles. The van der Waals surface area contributed by atoms with Gasteiger partial charge < -0.3 is 0 Å². The fourth-order valence-corrected chi connectivity index (χ4v) is 2.52. The average molecular weight is 321 g/mol.